The first-order valence-corrected chi connectivity index (χ1v) is 5.78. The fraction of sp³-hybridized carbons (Fsp3) is 0.636. The average Bonchev–Trinajstić information content (AvgIpc) is 2.55. The Balaban J connectivity index is 2.46. The molecule has 1 N–H and O–H groups in total. The van der Waals surface area contributed by atoms with Crippen molar-refractivity contribution in [3.8, 4) is 0 Å². The Kier molecular flexibility index (Phi) is 3.94. The van der Waals surface area contributed by atoms with Gasteiger partial charge in [-0.25, -0.2) is 0 Å². The van der Waals surface area contributed by atoms with E-state index in [4.69, 9.17) is 0 Å². The van der Waals surface area contributed by atoms with E-state index >= 15 is 0 Å². The van der Waals surface area contributed by atoms with Crippen LogP contribution in [-0.4, -0.2) is 6.04 Å². The van der Waals surface area contributed by atoms with E-state index in [1.807, 2.05) is 11.3 Å². The fourth-order valence-corrected chi connectivity index (χ4v) is 1.95. The van der Waals surface area contributed by atoms with Crippen molar-refractivity contribution >= 4 is 11.3 Å². The predicted octanol–water partition coefficient (Wildman–Crippen LogP) is 3.44. The molecule has 1 rings (SSSR count). The second kappa shape index (κ2) is 4.77. The first-order chi connectivity index (χ1) is 6.11. The first kappa shape index (κ1) is 10.7. The molecule has 0 aromatic carbocycles. The van der Waals surface area contributed by atoms with Gasteiger partial charge in [0.2, 0.25) is 0 Å². The molecule has 0 aliphatic heterocycles. The van der Waals surface area contributed by atoms with Crippen LogP contribution in [0.3, 0.4) is 0 Å². The van der Waals surface area contributed by atoms with E-state index in [9.17, 15) is 0 Å². The third-order valence-corrected chi connectivity index (χ3v) is 3.54. The monoisotopic (exact) mass is 197 g/mol. The summed E-state index contributed by atoms with van der Waals surface area (Å²) in [7, 11) is 0. The zero-order valence-corrected chi connectivity index (χ0v) is 9.69. The molecule has 0 aliphatic carbocycles. The average molecular weight is 197 g/mol. The SMILES string of the molecule is CC(C)[C@H](C)N[C@H](C)c1cccs1. The maximum atomic E-state index is 3.59. The van der Waals surface area contributed by atoms with Crippen LogP contribution < -0.4 is 5.32 Å². The molecule has 0 bridgehead atoms. The molecule has 0 unspecified atom stereocenters. The minimum atomic E-state index is 0.484. The van der Waals surface area contributed by atoms with Crippen molar-refractivity contribution < 1.29 is 0 Å². The van der Waals surface area contributed by atoms with Gasteiger partial charge in [0.25, 0.3) is 0 Å². The molecule has 0 radical (unpaired) electrons. The van der Waals surface area contributed by atoms with Crippen molar-refractivity contribution in [1.82, 2.24) is 5.32 Å². The van der Waals surface area contributed by atoms with Crippen molar-refractivity contribution in [2.45, 2.75) is 39.8 Å². The summed E-state index contributed by atoms with van der Waals surface area (Å²) in [5.41, 5.74) is 0. The highest BCUT2D eigenvalue weighted by molar-refractivity contribution is 7.10. The van der Waals surface area contributed by atoms with Gasteiger partial charge in [-0.05, 0) is 31.2 Å². The van der Waals surface area contributed by atoms with E-state index in [0.29, 0.717) is 18.0 Å². The topological polar surface area (TPSA) is 12.0 Å². The minimum Gasteiger partial charge on any atom is -0.307 e. The summed E-state index contributed by atoms with van der Waals surface area (Å²) in [6.07, 6.45) is 0. The normalized spacial score (nSPS) is 16.1. The molecular weight excluding hydrogens is 178 g/mol. The van der Waals surface area contributed by atoms with Crippen LogP contribution >= 0.6 is 11.3 Å². The van der Waals surface area contributed by atoms with Gasteiger partial charge in [0, 0.05) is 17.0 Å². The molecule has 1 aromatic heterocycles. The molecule has 2 atom stereocenters. The van der Waals surface area contributed by atoms with Gasteiger partial charge in [-0.15, -0.1) is 11.3 Å². The van der Waals surface area contributed by atoms with Gasteiger partial charge in [0.15, 0.2) is 0 Å². The van der Waals surface area contributed by atoms with E-state index in [1.165, 1.54) is 4.88 Å². The van der Waals surface area contributed by atoms with Crippen LogP contribution in [0.4, 0.5) is 0 Å². The lowest BCUT2D eigenvalue weighted by molar-refractivity contribution is 0.391. The molecule has 1 aromatic rings. The Bertz CT molecular complexity index is 228. The van der Waals surface area contributed by atoms with Crippen LogP contribution in [0, 0.1) is 5.92 Å². The summed E-state index contributed by atoms with van der Waals surface area (Å²) in [6.45, 7) is 8.97. The highest BCUT2D eigenvalue weighted by Gasteiger charge is 2.12. The molecular formula is C11H19NS. The summed E-state index contributed by atoms with van der Waals surface area (Å²) in [5, 5.41) is 5.72. The third-order valence-electron chi connectivity index (χ3n) is 2.48. The number of thiophene rings is 1. The number of nitrogens with one attached hydrogen (secondary N) is 1. The largest absolute Gasteiger partial charge is 0.307 e. The highest BCUT2D eigenvalue weighted by atomic mass is 32.1. The summed E-state index contributed by atoms with van der Waals surface area (Å²) in [4.78, 5) is 1.42. The van der Waals surface area contributed by atoms with E-state index in [1.54, 1.807) is 0 Å². The van der Waals surface area contributed by atoms with E-state index in [0.717, 1.165) is 0 Å². The number of hydrogen-bond acceptors (Lipinski definition) is 2. The fourth-order valence-electron chi connectivity index (χ4n) is 1.21. The Morgan fingerprint density at radius 3 is 2.38 bits per heavy atom. The quantitative estimate of drug-likeness (QED) is 0.779. The molecule has 13 heavy (non-hydrogen) atoms. The molecule has 1 heterocycles. The standard InChI is InChI=1S/C11H19NS/c1-8(2)9(3)12-10(4)11-6-5-7-13-11/h5-10,12H,1-4H3/t9-,10+/m0/s1. The van der Waals surface area contributed by atoms with Gasteiger partial charge < -0.3 is 5.32 Å². The molecule has 0 amide bonds. The van der Waals surface area contributed by atoms with Crippen LogP contribution in [-0.2, 0) is 0 Å². The summed E-state index contributed by atoms with van der Waals surface area (Å²) in [6, 6.07) is 5.36. The Morgan fingerprint density at radius 2 is 1.92 bits per heavy atom. The summed E-state index contributed by atoms with van der Waals surface area (Å²) >= 11 is 1.82. The smallest absolute Gasteiger partial charge is 0.0388 e. The molecule has 0 saturated heterocycles. The lowest BCUT2D eigenvalue weighted by Gasteiger charge is -2.22. The van der Waals surface area contributed by atoms with Crippen molar-refractivity contribution in [3.05, 3.63) is 22.4 Å². The van der Waals surface area contributed by atoms with Gasteiger partial charge >= 0.3 is 0 Å². The van der Waals surface area contributed by atoms with Crippen molar-refractivity contribution in [2.75, 3.05) is 0 Å². The van der Waals surface area contributed by atoms with Crippen molar-refractivity contribution in [2.24, 2.45) is 5.92 Å². The zero-order chi connectivity index (χ0) is 9.84. The maximum absolute atomic E-state index is 3.59. The van der Waals surface area contributed by atoms with E-state index in [2.05, 4.69) is 50.5 Å². The third kappa shape index (κ3) is 3.12. The minimum absolute atomic E-state index is 0.484. The second-order valence-electron chi connectivity index (χ2n) is 3.94. The Hall–Kier alpha value is -0.340. The van der Waals surface area contributed by atoms with Gasteiger partial charge in [0.05, 0.1) is 0 Å². The van der Waals surface area contributed by atoms with Crippen LogP contribution in [0.2, 0.25) is 0 Å². The summed E-state index contributed by atoms with van der Waals surface area (Å²) < 4.78 is 0. The molecule has 2 heteroatoms. The highest BCUT2D eigenvalue weighted by Crippen LogP contribution is 2.19. The van der Waals surface area contributed by atoms with Crippen LogP contribution in [0.15, 0.2) is 17.5 Å². The summed E-state index contributed by atoms with van der Waals surface area (Å²) in [5.74, 6) is 0.697. The lowest BCUT2D eigenvalue weighted by Crippen LogP contribution is -2.32. The van der Waals surface area contributed by atoms with E-state index < -0.39 is 0 Å². The van der Waals surface area contributed by atoms with Gasteiger partial charge in [-0.3, -0.25) is 0 Å². The van der Waals surface area contributed by atoms with Crippen LogP contribution in [0.5, 0.6) is 0 Å². The molecule has 0 fully saturated rings. The van der Waals surface area contributed by atoms with Gasteiger partial charge in [-0.1, -0.05) is 19.9 Å². The molecule has 1 nitrogen and oxygen atoms in total. The predicted molar refractivity (Wildman–Crippen MR) is 60.2 cm³/mol. The zero-order valence-electron chi connectivity index (χ0n) is 8.87. The van der Waals surface area contributed by atoms with Crippen molar-refractivity contribution in [3.63, 3.8) is 0 Å². The number of hydrogen-bond donors (Lipinski definition) is 1. The van der Waals surface area contributed by atoms with E-state index in [-0.39, 0.29) is 0 Å². The van der Waals surface area contributed by atoms with Gasteiger partial charge in [-0.2, -0.15) is 0 Å². The maximum Gasteiger partial charge on any atom is 0.0388 e. The number of rotatable bonds is 4. The molecule has 0 spiro atoms. The Labute approximate surface area is 85.2 Å². The van der Waals surface area contributed by atoms with Gasteiger partial charge in [0.1, 0.15) is 0 Å². The molecule has 74 valence electrons. The van der Waals surface area contributed by atoms with Crippen LogP contribution in [0.1, 0.15) is 38.6 Å². The Morgan fingerprint density at radius 1 is 1.23 bits per heavy atom. The molecule has 0 aliphatic rings. The second-order valence-corrected chi connectivity index (χ2v) is 4.92. The van der Waals surface area contributed by atoms with Crippen LogP contribution in [0.25, 0.3) is 0 Å². The molecule has 0 saturated carbocycles. The van der Waals surface area contributed by atoms with Crippen molar-refractivity contribution in [1.29, 1.82) is 0 Å². The lowest BCUT2D eigenvalue weighted by atomic mass is 10.1. The first-order valence-electron chi connectivity index (χ1n) is 4.90.